The van der Waals surface area contributed by atoms with Crippen molar-refractivity contribution in [2.75, 3.05) is 0 Å². The molecule has 6 heteroatoms. The largest absolute Gasteiger partial charge is 0.416 e. The molecule has 0 atom stereocenters. The Morgan fingerprint density at radius 1 is 0.741 bits per heavy atom. The van der Waals surface area contributed by atoms with E-state index in [9.17, 15) is 0 Å². The van der Waals surface area contributed by atoms with Crippen LogP contribution in [0.5, 0.6) is 0 Å². The number of hydrogen-bond acceptors (Lipinski definition) is 4. The lowest BCUT2D eigenvalue weighted by Gasteiger charge is -2.06. The second-order valence-corrected chi connectivity index (χ2v) is 7.72. The van der Waals surface area contributed by atoms with E-state index < -0.39 is 0 Å². The molecule has 0 saturated carbocycles. The molecule has 4 aromatic rings. The van der Waals surface area contributed by atoms with Crippen LogP contribution in [0.4, 0.5) is 0 Å². The molecule has 4 rings (SSSR count). The van der Waals surface area contributed by atoms with E-state index in [-0.39, 0.29) is 0 Å². The first-order valence-corrected chi connectivity index (χ1v) is 9.99. The van der Waals surface area contributed by atoms with Crippen LogP contribution in [0.2, 0.25) is 10.0 Å². The van der Waals surface area contributed by atoms with Crippen LogP contribution < -0.4 is 0 Å². The van der Waals surface area contributed by atoms with Crippen LogP contribution in [0.3, 0.4) is 0 Å². The average molecular weight is 413 g/mol. The number of benzene rings is 3. The Hall–Kier alpha value is -2.27. The van der Waals surface area contributed by atoms with Gasteiger partial charge in [-0.05, 0) is 54.1 Å². The maximum Gasteiger partial charge on any atom is 0.249 e. The van der Waals surface area contributed by atoms with Gasteiger partial charge < -0.3 is 4.42 Å². The van der Waals surface area contributed by atoms with Crippen molar-refractivity contribution in [3.63, 3.8) is 0 Å². The van der Waals surface area contributed by atoms with Gasteiger partial charge in [-0.15, -0.1) is 22.0 Å². The summed E-state index contributed by atoms with van der Waals surface area (Å²) in [7, 11) is 0. The average Bonchev–Trinajstić information content (AvgIpc) is 3.18. The van der Waals surface area contributed by atoms with Crippen LogP contribution in [0.1, 0.15) is 5.56 Å². The molecular weight excluding hydrogens is 399 g/mol. The summed E-state index contributed by atoms with van der Waals surface area (Å²) in [5, 5.41) is 9.82. The fourth-order valence-electron chi connectivity index (χ4n) is 2.55. The van der Waals surface area contributed by atoms with Gasteiger partial charge in [0.25, 0.3) is 0 Å². The molecule has 0 aliphatic carbocycles. The Labute approximate surface area is 171 Å². The summed E-state index contributed by atoms with van der Waals surface area (Å²) < 4.78 is 5.91. The number of nitrogens with zero attached hydrogens (tertiary/aromatic N) is 2. The lowest BCUT2D eigenvalue weighted by Crippen LogP contribution is -1.85. The van der Waals surface area contributed by atoms with E-state index in [0.717, 1.165) is 26.8 Å². The second kappa shape index (κ2) is 8.17. The maximum atomic E-state index is 5.95. The topological polar surface area (TPSA) is 38.9 Å². The Balaban J connectivity index is 1.57. The van der Waals surface area contributed by atoms with Crippen molar-refractivity contribution in [2.24, 2.45) is 0 Å². The molecule has 134 valence electrons. The molecule has 1 aromatic heterocycles. The predicted molar refractivity (Wildman–Crippen MR) is 111 cm³/mol. The number of halogens is 2. The molecule has 0 aliphatic heterocycles. The normalized spacial score (nSPS) is 10.9. The molecule has 0 radical (unpaired) electrons. The number of aromatic nitrogens is 2. The zero-order valence-corrected chi connectivity index (χ0v) is 16.4. The van der Waals surface area contributed by atoms with Crippen molar-refractivity contribution < 1.29 is 4.42 Å². The first-order valence-electron chi connectivity index (χ1n) is 8.25. The zero-order valence-electron chi connectivity index (χ0n) is 14.1. The first kappa shape index (κ1) is 18.1. The molecule has 0 amide bonds. The molecule has 0 unspecified atom stereocenters. The van der Waals surface area contributed by atoms with Crippen molar-refractivity contribution in [1.29, 1.82) is 0 Å². The SMILES string of the molecule is Clc1ccc(CSc2ccccc2-c2nnc(-c3ccc(Cl)cc3)o2)cc1. The predicted octanol–water partition coefficient (Wildman–Crippen LogP) is 7.00. The van der Waals surface area contributed by atoms with Crippen molar-refractivity contribution in [2.45, 2.75) is 10.6 Å². The molecule has 27 heavy (non-hydrogen) atoms. The minimum absolute atomic E-state index is 0.471. The summed E-state index contributed by atoms with van der Waals surface area (Å²) in [5.74, 6) is 1.80. The Kier molecular flexibility index (Phi) is 5.48. The number of hydrogen-bond donors (Lipinski definition) is 0. The third-order valence-corrected chi connectivity index (χ3v) is 5.59. The standard InChI is InChI=1S/C21H14Cl2N2OS/c22-16-9-5-14(6-10-16)13-27-19-4-2-1-3-18(19)21-25-24-20(26-21)15-7-11-17(23)12-8-15/h1-12H,13H2. The Morgan fingerprint density at radius 3 is 2.11 bits per heavy atom. The van der Waals surface area contributed by atoms with E-state index in [4.69, 9.17) is 27.6 Å². The molecule has 0 saturated heterocycles. The highest BCUT2D eigenvalue weighted by Crippen LogP contribution is 2.34. The Bertz CT molecular complexity index is 1050. The maximum absolute atomic E-state index is 5.95. The fraction of sp³-hybridized carbons (Fsp3) is 0.0476. The van der Waals surface area contributed by atoms with E-state index in [1.807, 2.05) is 54.6 Å². The van der Waals surface area contributed by atoms with Crippen LogP contribution in [0.25, 0.3) is 22.9 Å². The van der Waals surface area contributed by atoms with Crippen LogP contribution in [-0.4, -0.2) is 10.2 Å². The zero-order chi connectivity index (χ0) is 18.6. The molecule has 0 bridgehead atoms. The van der Waals surface area contributed by atoms with Crippen molar-refractivity contribution in [3.05, 3.63) is 88.4 Å². The smallest absolute Gasteiger partial charge is 0.249 e. The van der Waals surface area contributed by atoms with Crippen molar-refractivity contribution in [3.8, 4) is 22.9 Å². The summed E-state index contributed by atoms with van der Waals surface area (Å²) >= 11 is 13.6. The molecule has 3 aromatic carbocycles. The van der Waals surface area contributed by atoms with Gasteiger partial charge in [0, 0.05) is 26.3 Å². The Morgan fingerprint density at radius 2 is 1.37 bits per heavy atom. The first-order chi connectivity index (χ1) is 13.2. The van der Waals surface area contributed by atoms with E-state index in [0.29, 0.717) is 16.8 Å². The third kappa shape index (κ3) is 4.35. The molecule has 0 N–H and O–H groups in total. The molecule has 3 nitrogen and oxygen atoms in total. The van der Waals surface area contributed by atoms with Gasteiger partial charge in [-0.3, -0.25) is 0 Å². The van der Waals surface area contributed by atoms with Gasteiger partial charge in [0.05, 0.1) is 5.56 Å². The van der Waals surface area contributed by atoms with Crippen LogP contribution in [0, 0.1) is 0 Å². The molecule has 0 fully saturated rings. The number of rotatable bonds is 5. The summed E-state index contributed by atoms with van der Waals surface area (Å²) in [6.07, 6.45) is 0. The summed E-state index contributed by atoms with van der Waals surface area (Å²) in [6, 6.07) is 23.2. The highest BCUT2D eigenvalue weighted by molar-refractivity contribution is 7.98. The summed E-state index contributed by atoms with van der Waals surface area (Å²) in [6.45, 7) is 0. The van der Waals surface area contributed by atoms with Gasteiger partial charge in [0.15, 0.2) is 0 Å². The highest BCUT2D eigenvalue weighted by atomic mass is 35.5. The van der Waals surface area contributed by atoms with Crippen LogP contribution in [-0.2, 0) is 5.75 Å². The highest BCUT2D eigenvalue weighted by Gasteiger charge is 2.14. The van der Waals surface area contributed by atoms with Gasteiger partial charge >= 0.3 is 0 Å². The van der Waals surface area contributed by atoms with Gasteiger partial charge in [0.1, 0.15) is 0 Å². The fourth-order valence-corrected chi connectivity index (χ4v) is 3.80. The van der Waals surface area contributed by atoms with Crippen LogP contribution >= 0.6 is 35.0 Å². The lowest BCUT2D eigenvalue weighted by molar-refractivity contribution is 0.583. The van der Waals surface area contributed by atoms with E-state index in [1.165, 1.54) is 5.56 Å². The molecular formula is C21H14Cl2N2OS. The van der Waals surface area contributed by atoms with E-state index in [2.05, 4.69) is 16.3 Å². The van der Waals surface area contributed by atoms with Gasteiger partial charge in [-0.1, -0.05) is 47.5 Å². The third-order valence-electron chi connectivity index (χ3n) is 3.94. The lowest BCUT2D eigenvalue weighted by atomic mass is 10.2. The molecule has 0 spiro atoms. The van der Waals surface area contributed by atoms with E-state index in [1.54, 1.807) is 23.9 Å². The molecule has 0 aliphatic rings. The van der Waals surface area contributed by atoms with Crippen molar-refractivity contribution >= 4 is 35.0 Å². The van der Waals surface area contributed by atoms with Gasteiger partial charge in [-0.2, -0.15) is 0 Å². The summed E-state index contributed by atoms with van der Waals surface area (Å²) in [5.41, 5.74) is 2.96. The monoisotopic (exact) mass is 412 g/mol. The summed E-state index contributed by atoms with van der Waals surface area (Å²) in [4.78, 5) is 1.08. The second-order valence-electron chi connectivity index (χ2n) is 5.83. The molecule has 1 heterocycles. The quantitative estimate of drug-likeness (QED) is 0.330. The minimum atomic E-state index is 0.471. The van der Waals surface area contributed by atoms with Gasteiger partial charge in [-0.25, -0.2) is 0 Å². The van der Waals surface area contributed by atoms with E-state index >= 15 is 0 Å². The van der Waals surface area contributed by atoms with Crippen molar-refractivity contribution in [1.82, 2.24) is 10.2 Å². The minimum Gasteiger partial charge on any atom is -0.416 e. The number of thioether (sulfide) groups is 1. The van der Waals surface area contributed by atoms with Crippen LogP contribution in [0.15, 0.2) is 82.1 Å². The van der Waals surface area contributed by atoms with Gasteiger partial charge in [0.2, 0.25) is 11.8 Å².